The highest BCUT2D eigenvalue weighted by Crippen LogP contribution is 2.32. The van der Waals surface area contributed by atoms with Crippen molar-refractivity contribution in [3.63, 3.8) is 0 Å². The van der Waals surface area contributed by atoms with Crippen LogP contribution in [0.3, 0.4) is 0 Å². The normalized spacial score (nSPS) is 10.7. The molecular weight excluding hydrogens is 294 g/mol. The first-order valence-corrected chi connectivity index (χ1v) is 6.77. The lowest BCUT2D eigenvalue weighted by molar-refractivity contribution is 0.0993. The molecule has 0 radical (unpaired) electrons. The van der Waals surface area contributed by atoms with E-state index >= 15 is 0 Å². The molecule has 0 bridgehead atoms. The molecule has 2 rings (SSSR count). The maximum Gasteiger partial charge on any atom is 0.169 e. The van der Waals surface area contributed by atoms with Gasteiger partial charge in [0.05, 0.1) is 4.34 Å². The number of rotatable bonds is 3. The number of benzene rings is 1. The summed E-state index contributed by atoms with van der Waals surface area (Å²) in [5.74, 6) is -0.505. The molecule has 0 saturated carbocycles. The van der Waals surface area contributed by atoms with Gasteiger partial charge >= 0.3 is 0 Å². The zero-order chi connectivity index (χ0) is 13.3. The average molecular weight is 303 g/mol. The molecule has 0 amide bonds. The minimum atomic E-state index is -0.349. The van der Waals surface area contributed by atoms with E-state index in [1.807, 2.05) is 6.92 Å². The third-order valence-electron chi connectivity index (χ3n) is 2.62. The van der Waals surface area contributed by atoms with E-state index in [9.17, 15) is 9.18 Å². The number of carbonyl (C=O) groups excluding carboxylic acids is 1. The van der Waals surface area contributed by atoms with Crippen LogP contribution < -0.4 is 0 Å². The number of hydrogen-bond donors (Lipinski definition) is 0. The third kappa shape index (κ3) is 2.91. The highest BCUT2D eigenvalue weighted by molar-refractivity contribution is 7.20. The zero-order valence-electron chi connectivity index (χ0n) is 9.47. The number of Topliss-reactive ketones (excluding diaryl/α,β-unsaturated/α-hetero) is 1. The van der Waals surface area contributed by atoms with Gasteiger partial charge in [0.2, 0.25) is 0 Å². The predicted octanol–water partition coefficient (Wildman–Crippen LogP) is 4.93. The second-order valence-corrected chi connectivity index (χ2v) is 6.19. The van der Waals surface area contributed by atoms with E-state index in [0.29, 0.717) is 19.8 Å². The number of thiophene rings is 1. The Kier molecular flexibility index (Phi) is 4.05. The van der Waals surface area contributed by atoms with Gasteiger partial charge in [-0.15, -0.1) is 11.3 Å². The molecule has 5 heteroatoms. The van der Waals surface area contributed by atoms with Gasteiger partial charge in [-0.1, -0.05) is 29.3 Å². The van der Waals surface area contributed by atoms with Gasteiger partial charge in [-0.2, -0.15) is 0 Å². The van der Waals surface area contributed by atoms with Crippen molar-refractivity contribution in [2.24, 2.45) is 0 Å². The summed E-state index contributed by atoms with van der Waals surface area (Å²) in [6.07, 6.45) is 0.121. The molecule has 0 aliphatic rings. The van der Waals surface area contributed by atoms with Crippen molar-refractivity contribution in [3.8, 4) is 0 Å². The molecule has 0 saturated heterocycles. The third-order valence-corrected chi connectivity index (χ3v) is 4.11. The minimum Gasteiger partial charge on any atom is -0.294 e. The largest absolute Gasteiger partial charge is 0.294 e. The predicted molar refractivity (Wildman–Crippen MR) is 73.5 cm³/mol. The maximum absolute atomic E-state index is 13.1. The van der Waals surface area contributed by atoms with Crippen LogP contribution in [-0.2, 0) is 6.42 Å². The molecule has 94 valence electrons. The fourth-order valence-electron chi connectivity index (χ4n) is 1.63. The lowest BCUT2D eigenvalue weighted by Crippen LogP contribution is -2.04. The average Bonchev–Trinajstić information content (AvgIpc) is 2.63. The van der Waals surface area contributed by atoms with E-state index in [-0.39, 0.29) is 18.0 Å². The lowest BCUT2D eigenvalue weighted by Gasteiger charge is -2.04. The number of aryl methyl sites for hydroxylation is 1. The van der Waals surface area contributed by atoms with Crippen LogP contribution in [0.15, 0.2) is 24.3 Å². The molecule has 0 atom stereocenters. The molecule has 1 aromatic carbocycles. The second-order valence-electron chi connectivity index (χ2n) is 3.91. The molecule has 0 spiro atoms. The monoisotopic (exact) mass is 302 g/mol. The summed E-state index contributed by atoms with van der Waals surface area (Å²) in [6, 6.07) is 5.94. The molecule has 0 N–H and O–H groups in total. The minimum absolute atomic E-state index is 0.121. The summed E-state index contributed by atoms with van der Waals surface area (Å²) in [7, 11) is 0. The number of ketones is 1. The summed E-state index contributed by atoms with van der Waals surface area (Å²) in [4.78, 5) is 12.1. The van der Waals surface area contributed by atoms with Crippen molar-refractivity contribution in [3.05, 3.63) is 55.4 Å². The Morgan fingerprint density at radius 1 is 1.33 bits per heavy atom. The van der Waals surface area contributed by atoms with Gasteiger partial charge in [0.1, 0.15) is 10.2 Å². The van der Waals surface area contributed by atoms with Crippen molar-refractivity contribution in [1.29, 1.82) is 0 Å². The number of halogens is 3. The molecule has 0 fully saturated rings. The number of carbonyl (C=O) groups is 1. The summed E-state index contributed by atoms with van der Waals surface area (Å²) in [6.45, 7) is 1.84. The molecule has 1 nitrogen and oxygen atoms in total. The lowest BCUT2D eigenvalue weighted by atomic mass is 10.0. The summed E-state index contributed by atoms with van der Waals surface area (Å²) < 4.78 is 14.0. The molecule has 0 aliphatic carbocycles. The fourth-order valence-corrected chi connectivity index (χ4v) is 3.13. The van der Waals surface area contributed by atoms with Crippen LogP contribution in [0.25, 0.3) is 0 Å². The highest BCUT2D eigenvalue weighted by Gasteiger charge is 2.15. The SMILES string of the molecule is Cc1ccc(F)cc1CC(=O)c1cc(Cl)sc1Cl. The first kappa shape index (κ1) is 13.5. The molecular formula is C13H9Cl2FOS. The molecule has 0 aliphatic heterocycles. The van der Waals surface area contributed by atoms with E-state index in [1.54, 1.807) is 12.1 Å². The Morgan fingerprint density at radius 2 is 2.06 bits per heavy atom. The Hall–Kier alpha value is -0.900. The second kappa shape index (κ2) is 5.39. The quantitative estimate of drug-likeness (QED) is 0.735. The smallest absolute Gasteiger partial charge is 0.169 e. The van der Waals surface area contributed by atoms with E-state index in [1.165, 1.54) is 12.1 Å². The van der Waals surface area contributed by atoms with E-state index in [4.69, 9.17) is 23.2 Å². The first-order chi connectivity index (χ1) is 8.47. The first-order valence-electron chi connectivity index (χ1n) is 5.20. The topological polar surface area (TPSA) is 17.1 Å². The molecule has 18 heavy (non-hydrogen) atoms. The number of hydrogen-bond acceptors (Lipinski definition) is 2. The zero-order valence-corrected chi connectivity index (χ0v) is 11.8. The van der Waals surface area contributed by atoms with Gasteiger partial charge in [-0.05, 0) is 36.2 Å². The van der Waals surface area contributed by atoms with Crippen LogP contribution in [0.4, 0.5) is 4.39 Å². The molecule has 1 aromatic heterocycles. The van der Waals surface area contributed by atoms with Gasteiger partial charge in [0.15, 0.2) is 5.78 Å². The Balaban J connectivity index is 2.26. The van der Waals surface area contributed by atoms with Gasteiger partial charge in [-0.25, -0.2) is 4.39 Å². The van der Waals surface area contributed by atoms with Crippen LogP contribution in [0, 0.1) is 12.7 Å². The van der Waals surface area contributed by atoms with Gasteiger partial charge in [0.25, 0.3) is 0 Å². The van der Waals surface area contributed by atoms with Crippen LogP contribution in [0.1, 0.15) is 21.5 Å². The Morgan fingerprint density at radius 3 is 2.67 bits per heavy atom. The summed E-state index contributed by atoms with van der Waals surface area (Å²) in [5.41, 5.74) is 1.94. The van der Waals surface area contributed by atoms with Crippen LogP contribution in [0.5, 0.6) is 0 Å². The van der Waals surface area contributed by atoms with Crippen molar-refractivity contribution < 1.29 is 9.18 Å². The van der Waals surface area contributed by atoms with E-state index in [2.05, 4.69) is 0 Å². The Bertz CT molecular complexity index is 607. The molecule has 1 heterocycles. The van der Waals surface area contributed by atoms with E-state index < -0.39 is 0 Å². The van der Waals surface area contributed by atoms with Crippen molar-refractivity contribution in [1.82, 2.24) is 0 Å². The summed E-state index contributed by atoms with van der Waals surface area (Å²) >= 11 is 12.9. The van der Waals surface area contributed by atoms with Gasteiger partial charge in [0, 0.05) is 12.0 Å². The standard InChI is InChI=1S/C13H9Cl2FOS/c1-7-2-3-9(16)4-8(7)5-11(17)10-6-12(14)18-13(10)15/h2-4,6H,5H2,1H3. The summed E-state index contributed by atoms with van der Waals surface area (Å²) in [5, 5.41) is 0. The molecule has 0 unspecified atom stereocenters. The van der Waals surface area contributed by atoms with Crippen molar-refractivity contribution in [2.75, 3.05) is 0 Å². The molecule has 2 aromatic rings. The highest BCUT2D eigenvalue weighted by atomic mass is 35.5. The van der Waals surface area contributed by atoms with Crippen LogP contribution >= 0.6 is 34.5 Å². The Labute approximate surface area is 118 Å². The maximum atomic E-state index is 13.1. The van der Waals surface area contributed by atoms with Gasteiger partial charge in [-0.3, -0.25) is 4.79 Å². The van der Waals surface area contributed by atoms with Gasteiger partial charge < -0.3 is 0 Å². The van der Waals surface area contributed by atoms with Crippen LogP contribution in [0.2, 0.25) is 8.67 Å². The van der Waals surface area contributed by atoms with Crippen molar-refractivity contribution in [2.45, 2.75) is 13.3 Å². The fraction of sp³-hybridized carbons (Fsp3) is 0.154. The van der Waals surface area contributed by atoms with Crippen LogP contribution in [-0.4, -0.2) is 5.78 Å². The van der Waals surface area contributed by atoms with E-state index in [0.717, 1.165) is 16.9 Å². The van der Waals surface area contributed by atoms with Crippen molar-refractivity contribution >= 4 is 40.3 Å².